The number of hydrogen-bond acceptors (Lipinski definition) is 6. The van der Waals surface area contributed by atoms with E-state index in [1.807, 2.05) is 0 Å². The van der Waals surface area contributed by atoms with Gasteiger partial charge in [-0.1, -0.05) is 236 Å². The van der Waals surface area contributed by atoms with Crippen molar-refractivity contribution in [2.45, 2.75) is 284 Å². The molecule has 0 fully saturated rings. The number of carbonyl (C=O) groups excluding carboxylic acids is 3. The van der Waals surface area contributed by atoms with Gasteiger partial charge in [0.25, 0.3) is 0 Å². The van der Waals surface area contributed by atoms with E-state index < -0.39 is 6.10 Å². The van der Waals surface area contributed by atoms with Crippen molar-refractivity contribution in [3.63, 3.8) is 0 Å². The molecule has 6 nitrogen and oxygen atoms in total. The first-order chi connectivity index (χ1) is 31.0. The fraction of sp³-hybridized carbons (Fsp3) is 0.807. The Morgan fingerprint density at radius 2 is 0.635 bits per heavy atom. The Hall–Kier alpha value is -2.63. The summed E-state index contributed by atoms with van der Waals surface area (Å²) in [6, 6.07) is 0. The van der Waals surface area contributed by atoms with Crippen molar-refractivity contribution < 1.29 is 28.6 Å². The van der Waals surface area contributed by atoms with Crippen LogP contribution >= 0.6 is 0 Å². The molecule has 0 aliphatic rings. The zero-order chi connectivity index (χ0) is 45.8. The largest absolute Gasteiger partial charge is 0.462 e. The highest BCUT2D eigenvalue weighted by atomic mass is 16.6. The molecule has 0 bridgehead atoms. The molecule has 0 aliphatic heterocycles. The molecule has 0 heterocycles. The summed E-state index contributed by atoms with van der Waals surface area (Å²) in [6.45, 7) is 6.56. The summed E-state index contributed by atoms with van der Waals surface area (Å²) < 4.78 is 16.8. The van der Waals surface area contributed by atoms with Crippen molar-refractivity contribution in [2.75, 3.05) is 13.2 Å². The molecule has 6 heteroatoms. The zero-order valence-corrected chi connectivity index (χ0v) is 41.8. The molecule has 0 aromatic heterocycles. The molecule has 63 heavy (non-hydrogen) atoms. The average Bonchev–Trinajstić information content (AvgIpc) is 3.28. The monoisotopic (exact) mass is 883 g/mol. The van der Waals surface area contributed by atoms with Crippen LogP contribution in [-0.4, -0.2) is 37.2 Å². The van der Waals surface area contributed by atoms with Gasteiger partial charge >= 0.3 is 17.9 Å². The van der Waals surface area contributed by atoms with Crippen molar-refractivity contribution in [1.29, 1.82) is 0 Å². The lowest BCUT2D eigenvalue weighted by Gasteiger charge is -2.18. The number of hydrogen-bond donors (Lipinski definition) is 0. The lowest BCUT2D eigenvalue weighted by atomic mass is 10.0. The van der Waals surface area contributed by atoms with E-state index in [1.165, 1.54) is 154 Å². The minimum absolute atomic E-state index is 0.0835. The summed E-state index contributed by atoms with van der Waals surface area (Å²) in [5.41, 5.74) is 0. The number of allylic oxidation sites excluding steroid dienone is 8. The molecule has 1 unspecified atom stereocenters. The third kappa shape index (κ3) is 50.2. The fourth-order valence-electron chi connectivity index (χ4n) is 7.69. The molecule has 0 amide bonds. The molecule has 0 radical (unpaired) electrons. The van der Waals surface area contributed by atoms with Gasteiger partial charge in [-0.15, -0.1) is 0 Å². The first-order valence-corrected chi connectivity index (χ1v) is 27.2. The van der Waals surface area contributed by atoms with Crippen molar-refractivity contribution in [3.8, 4) is 0 Å². The predicted octanol–water partition coefficient (Wildman–Crippen LogP) is 17.9. The van der Waals surface area contributed by atoms with Crippen LogP contribution in [0.5, 0.6) is 0 Å². The van der Waals surface area contributed by atoms with E-state index in [1.54, 1.807) is 0 Å². The summed E-state index contributed by atoms with van der Waals surface area (Å²) in [4.78, 5) is 38.0. The van der Waals surface area contributed by atoms with Gasteiger partial charge in [0.15, 0.2) is 6.10 Å². The molecular formula is C57H102O6. The molecule has 0 aromatic carbocycles. The summed E-state index contributed by atoms with van der Waals surface area (Å²) in [5.74, 6) is -0.909. The standard InChI is InChI=1S/C57H102O6/c1-4-7-10-13-16-19-22-24-26-28-30-32-35-38-41-44-47-50-56(59)62-53-54(52-61-55(58)49-46-43-40-37-34-21-18-15-12-9-6-3)63-57(60)51-48-45-42-39-36-33-31-29-27-25-23-20-17-14-11-8-5-2/h15-16,18-19,21,24,26,34,54H,4-14,17,20,22-23,25,27-33,35-53H2,1-3H3/b18-15-,19-16-,26-24-,34-21-. The van der Waals surface area contributed by atoms with Crippen molar-refractivity contribution in [3.05, 3.63) is 48.6 Å². The third-order valence-electron chi connectivity index (χ3n) is 11.8. The summed E-state index contributed by atoms with van der Waals surface area (Å²) in [6.07, 6.45) is 62.4. The molecular weight excluding hydrogens is 781 g/mol. The van der Waals surface area contributed by atoms with Crippen LogP contribution in [0.4, 0.5) is 0 Å². The summed E-state index contributed by atoms with van der Waals surface area (Å²) in [7, 11) is 0. The van der Waals surface area contributed by atoms with E-state index in [-0.39, 0.29) is 31.1 Å². The van der Waals surface area contributed by atoms with Crippen LogP contribution in [0.2, 0.25) is 0 Å². The minimum Gasteiger partial charge on any atom is -0.462 e. The van der Waals surface area contributed by atoms with Gasteiger partial charge in [0.05, 0.1) is 0 Å². The molecule has 0 saturated heterocycles. The molecule has 0 rings (SSSR count). The van der Waals surface area contributed by atoms with Crippen LogP contribution in [0.3, 0.4) is 0 Å². The first-order valence-electron chi connectivity index (χ1n) is 27.2. The second-order valence-corrected chi connectivity index (χ2v) is 18.2. The number of unbranched alkanes of at least 4 members (excludes halogenated alkanes) is 31. The van der Waals surface area contributed by atoms with E-state index in [0.717, 1.165) is 83.5 Å². The van der Waals surface area contributed by atoms with E-state index in [2.05, 4.69) is 69.4 Å². The number of rotatable bonds is 49. The Balaban J connectivity index is 4.35. The van der Waals surface area contributed by atoms with Gasteiger partial charge < -0.3 is 14.2 Å². The Kier molecular flexibility index (Phi) is 49.8. The van der Waals surface area contributed by atoms with Crippen LogP contribution < -0.4 is 0 Å². The van der Waals surface area contributed by atoms with E-state index in [0.29, 0.717) is 19.3 Å². The van der Waals surface area contributed by atoms with Gasteiger partial charge in [-0.25, -0.2) is 0 Å². The summed E-state index contributed by atoms with van der Waals surface area (Å²) >= 11 is 0. The highest BCUT2D eigenvalue weighted by Gasteiger charge is 2.19. The first kappa shape index (κ1) is 60.4. The van der Waals surface area contributed by atoms with E-state index in [9.17, 15) is 14.4 Å². The second kappa shape index (κ2) is 52.0. The third-order valence-corrected chi connectivity index (χ3v) is 11.8. The van der Waals surface area contributed by atoms with E-state index in [4.69, 9.17) is 14.2 Å². The summed E-state index contributed by atoms with van der Waals surface area (Å²) in [5, 5.41) is 0. The van der Waals surface area contributed by atoms with Crippen LogP contribution in [-0.2, 0) is 28.6 Å². The highest BCUT2D eigenvalue weighted by molar-refractivity contribution is 5.71. The zero-order valence-electron chi connectivity index (χ0n) is 41.8. The topological polar surface area (TPSA) is 78.9 Å². The molecule has 0 saturated carbocycles. The van der Waals surface area contributed by atoms with Crippen molar-refractivity contribution >= 4 is 17.9 Å². The minimum atomic E-state index is -0.784. The quantitative estimate of drug-likeness (QED) is 0.0199. The Morgan fingerprint density at radius 3 is 1.06 bits per heavy atom. The van der Waals surface area contributed by atoms with Gasteiger partial charge in [0, 0.05) is 19.3 Å². The Morgan fingerprint density at radius 1 is 0.333 bits per heavy atom. The molecule has 366 valence electrons. The van der Waals surface area contributed by atoms with Gasteiger partial charge in [0.1, 0.15) is 13.2 Å². The lowest BCUT2D eigenvalue weighted by molar-refractivity contribution is -0.167. The number of ether oxygens (including phenoxy) is 3. The normalized spacial score (nSPS) is 12.4. The highest BCUT2D eigenvalue weighted by Crippen LogP contribution is 2.16. The van der Waals surface area contributed by atoms with Crippen molar-refractivity contribution in [1.82, 2.24) is 0 Å². The average molecular weight is 883 g/mol. The van der Waals surface area contributed by atoms with Gasteiger partial charge in [-0.05, 0) is 70.6 Å². The van der Waals surface area contributed by atoms with Gasteiger partial charge in [0.2, 0.25) is 0 Å². The van der Waals surface area contributed by atoms with Crippen LogP contribution in [0.15, 0.2) is 48.6 Å². The smallest absolute Gasteiger partial charge is 0.306 e. The molecule has 1 atom stereocenters. The maximum atomic E-state index is 12.8. The number of carbonyl (C=O) groups is 3. The van der Waals surface area contributed by atoms with Crippen LogP contribution in [0.25, 0.3) is 0 Å². The van der Waals surface area contributed by atoms with Gasteiger partial charge in [-0.2, -0.15) is 0 Å². The lowest BCUT2D eigenvalue weighted by Crippen LogP contribution is -2.30. The van der Waals surface area contributed by atoms with Crippen LogP contribution in [0.1, 0.15) is 278 Å². The maximum absolute atomic E-state index is 12.8. The fourth-order valence-corrected chi connectivity index (χ4v) is 7.69. The number of esters is 3. The SMILES string of the molecule is CCCC/C=C\C=C/CCCCCC(=O)OCC(COC(=O)CCCCCCCCC/C=C\C/C=C\CCCCC)OC(=O)CCCCCCCCCCCCCCCCCCC. The Labute approximate surface area is 390 Å². The van der Waals surface area contributed by atoms with Crippen molar-refractivity contribution in [2.24, 2.45) is 0 Å². The van der Waals surface area contributed by atoms with Gasteiger partial charge in [-0.3, -0.25) is 14.4 Å². The molecule has 0 spiro atoms. The van der Waals surface area contributed by atoms with Crippen LogP contribution in [0, 0.1) is 0 Å². The Bertz CT molecular complexity index is 1110. The maximum Gasteiger partial charge on any atom is 0.306 e. The van der Waals surface area contributed by atoms with E-state index >= 15 is 0 Å². The molecule has 0 N–H and O–H groups in total. The second-order valence-electron chi connectivity index (χ2n) is 18.2. The molecule has 0 aliphatic carbocycles. The predicted molar refractivity (Wildman–Crippen MR) is 270 cm³/mol. The molecule has 0 aromatic rings.